The van der Waals surface area contributed by atoms with Gasteiger partial charge in [0.2, 0.25) is 0 Å². The molecule has 0 aromatic rings. The summed E-state index contributed by atoms with van der Waals surface area (Å²) < 4.78 is 0. The van der Waals surface area contributed by atoms with E-state index in [0.717, 1.165) is 76.4 Å². The topological polar surface area (TPSA) is 0 Å². The van der Waals surface area contributed by atoms with Crippen LogP contribution in [0.3, 0.4) is 0 Å². The van der Waals surface area contributed by atoms with Crippen LogP contribution in [0.4, 0.5) is 0 Å². The van der Waals surface area contributed by atoms with Crippen LogP contribution in [-0.2, 0) is 0 Å². The Morgan fingerprint density at radius 1 is 0.340 bits per heavy atom. The highest BCUT2D eigenvalue weighted by atomic mass is 14.6. The van der Waals surface area contributed by atoms with Crippen molar-refractivity contribution >= 4 is 0 Å². The first-order chi connectivity index (χ1) is 21.7. The third-order valence-corrected chi connectivity index (χ3v) is 17.1. The highest BCUT2D eigenvalue weighted by Crippen LogP contribution is 2.66. The average Bonchev–Trinajstić information content (AvgIpc) is 3.31. The molecule has 11 rings (SSSR count). The molecule has 47 heavy (non-hydrogen) atoms. The molecule has 0 radical (unpaired) electrons. The first-order valence-electron chi connectivity index (χ1n) is 21.7. The van der Waals surface area contributed by atoms with Crippen molar-refractivity contribution < 1.29 is 0 Å². The van der Waals surface area contributed by atoms with Crippen LogP contribution in [0.1, 0.15) is 199 Å². The van der Waals surface area contributed by atoms with E-state index in [0.29, 0.717) is 21.7 Å². The van der Waals surface area contributed by atoms with Crippen molar-refractivity contribution in [2.24, 2.45) is 98.1 Å². The van der Waals surface area contributed by atoms with E-state index in [9.17, 15) is 0 Å². The Hall–Kier alpha value is 0. The van der Waals surface area contributed by atoms with E-state index in [4.69, 9.17) is 0 Å². The fourth-order valence-electron chi connectivity index (χ4n) is 14.2. The van der Waals surface area contributed by atoms with Crippen molar-refractivity contribution in [3.05, 3.63) is 0 Å². The second kappa shape index (κ2) is 13.2. The molecule has 6 unspecified atom stereocenters. The molecule has 0 aromatic carbocycles. The van der Waals surface area contributed by atoms with Gasteiger partial charge in [-0.1, -0.05) is 102 Å². The zero-order valence-electron chi connectivity index (χ0n) is 34.2. The molecular weight excluding hydrogens is 565 g/mol. The molecule has 0 aromatic heterocycles. The molecule has 0 nitrogen and oxygen atoms in total. The maximum Gasteiger partial charge on any atom is -0.0241 e. The molecule has 272 valence electrons. The van der Waals surface area contributed by atoms with Crippen LogP contribution in [0.5, 0.6) is 0 Å². The van der Waals surface area contributed by atoms with E-state index in [1.165, 1.54) is 64.2 Å². The minimum Gasteiger partial charge on any atom is -0.0599 e. The van der Waals surface area contributed by atoms with Gasteiger partial charge in [-0.05, 0) is 194 Å². The molecule has 0 heterocycles. The van der Waals surface area contributed by atoms with Gasteiger partial charge < -0.3 is 0 Å². The van der Waals surface area contributed by atoms with Gasteiger partial charge in [0, 0.05) is 0 Å². The molecule has 0 spiro atoms. The fraction of sp³-hybridized carbons (Fsp3) is 1.00. The standard InChI is InChI=1S/C14H24.C12H22.C11H20.C10H18/c1-13(2,3)14-7-10-4-11(8-14)6-12(5-10)9-14;1-12(2,3)11-8-9-4-6-10(11)7-5-9;1-11(2,3)10-7-8-4-5-9(10)6-8;1-10(2,3)9-5-7-4-8(7)6-9/h10-12H,4-9H2,1-3H3;9-11H,4-8H2,1-3H3;8-10H,4-7H2,1-3H3;7-9H,4-6H2,1-3H3. The van der Waals surface area contributed by atoms with E-state index in [2.05, 4.69) is 83.1 Å². The third-order valence-electron chi connectivity index (χ3n) is 17.1. The summed E-state index contributed by atoms with van der Waals surface area (Å²) in [5, 5.41) is 0. The lowest BCUT2D eigenvalue weighted by Crippen LogP contribution is -2.51. The SMILES string of the molecule is CC(C)(C)C12CC3CC(CC(C3)C1)C2.CC(C)(C)C1CC2CC2C1.CC(C)(C)C1CC2CCC1C2.CC(C)(C)C1CC2CCC1CC2. The molecule has 11 aliphatic carbocycles. The van der Waals surface area contributed by atoms with Gasteiger partial charge in [-0.3, -0.25) is 0 Å². The predicted molar refractivity (Wildman–Crippen MR) is 205 cm³/mol. The first-order valence-corrected chi connectivity index (χ1v) is 21.7. The molecule has 0 aliphatic heterocycles. The molecule has 6 atom stereocenters. The van der Waals surface area contributed by atoms with E-state index in [1.807, 2.05) is 0 Å². The summed E-state index contributed by atoms with van der Waals surface area (Å²) in [4.78, 5) is 0. The van der Waals surface area contributed by atoms with Gasteiger partial charge >= 0.3 is 0 Å². The minimum atomic E-state index is 0.559. The molecule has 8 bridgehead atoms. The van der Waals surface area contributed by atoms with Crippen molar-refractivity contribution in [1.29, 1.82) is 0 Å². The van der Waals surface area contributed by atoms with E-state index < -0.39 is 0 Å². The molecule has 11 fully saturated rings. The summed E-state index contributed by atoms with van der Waals surface area (Å²) in [6, 6.07) is 0. The van der Waals surface area contributed by atoms with Gasteiger partial charge in [0.1, 0.15) is 0 Å². The summed E-state index contributed by atoms with van der Waals surface area (Å²) >= 11 is 0. The number of rotatable bonds is 0. The first kappa shape index (κ1) is 36.8. The zero-order valence-corrected chi connectivity index (χ0v) is 34.2. The zero-order chi connectivity index (χ0) is 34.2. The smallest absolute Gasteiger partial charge is 0.0241 e. The van der Waals surface area contributed by atoms with Gasteiger partial charge in [-0.2, -0.15) is 0 Å². The normalized spacial score (nSPS) is 45.7. The lowest BCUT2D eigenvalue weighted by atomic mass is 9.43. The Morgan fingerprint density at radius 2 is 0.766 bits per heavy atom. The van der Waals surface area contributed by atoms with Crippen molar-refractivity contribution in [2.45, 2.75) is 199 Å². The van der Waals surface area contributed by atoms with Crippen LogP contribution in [0.25, 0.3) is 0 Å². The van der Waals surface area contributed by atoms with Crippen LogP contribution in [0.15, 0.2) is 0 Å². The van der Waals surface area contributed by atoms with Crippen LogP contribution in [0.2, 0.25) is 0 Å². The minimum absolute atomic E-state index is 0.559. The Kier molecular flexibility index (Phi) is 10.3. The lowest BCUT2D eigenvalue weighted by Gasteiger charge is -2.62. The second-order valence-electron chi connectivity index (χ2n) is 24.4. The number of hydrogen-bond acceptors (Lipinski definition) is 0. The largest absolute Gasteiger partial charge is 0.0599 e. The highest BCUT2D eigenvalue weighted by molar-refractivity contribution is 5.06. The Bertz CT molecular complexity index is 979. The van der Waals surface area contributed by atoms with Crippen LogP contribution >= 0.6 is 0 Å². The lowest BCUT2D eigenvalue weighted by molar-refractivity contribution is -0.113. The van der Waals surface area contributed by atoms with Gasteiger partial charge in [0.25, 0.3) is 0 Å². The van der Waals surface area contributed by atoms with E-state index >= 15 is 0 Å². The molecule has 0 heteroatoms. The van der Waals surface area contributed by atoms with E-state index in [1.54, 1.807) is 51.4 Å². The molecule has 0 N–H and O–H groups in total. The molecular formula is C47H84. The molecule has 0 amide bonds. The number of fused-ring (bicyclic) bond motifs is 6. The molecule has 11 saturated carbocycles. The third kappa shape index (κ3) is 8.39. The van der Waals surface area contributed by atoms with Crippen molar-refractivity contribution in [1.82, 2.24) is 0 Å². The monoisotopic (exact) mass is 649 g/mol. The number of hydrogen-bond donors (Lipinski definition) is 0. The van der Waals surface area contributed by atoms with Gasteiger partial charge in [-0.25, -0.2) is 0 Å². The van der Waals surface area contributed by atoms with Crippen LogP contribution in [-0.4, -0.2) is 0 Å². The Labute approximate surface area is 295 Å². The van der Waals surface area contributed by atoms with Gasteiger partial charge in [0.15, 0.2) is 0 Å². The van der Waals surface area contributed by atoms with Crippen LogP contribution < -0.4 is 0 Å². The van der Waals surface area contributed by atoms with Crippen molar-refractivity contribution in [3.63, 3.8) is 0 Å². The van der Waals surface area contributed by atoms with Crippen LogP contribution in [0, 0.1) is 98.1 Å². The maximum absolute atomic E-state index is 2.49. The predicted octanol–water partition coefficient (Wildman–Crippen LogP) is 14.7. The summed E-state index contributed by atoms with van der Waals surface area (Å²) in [5.74, 6) is 13.1. The molecule has 0 saturated heterocycles. The van der Waals surface area contributed by atoms with Gasteiger partial charge in [-0.15, -0.1) is 0 Å². The quantitative estimate of drug-likeness (QED) is 0.245. The second-order valence-corrected chi connectivity index (χ2v) is 24.4. The summed E-state index contributed by atoms with van der Waals surface area (Å²) in [7, 11) is 0. The van der Waals surface area contributed by atoms with E-state index in [-0.39, 0.29) is 0 Å². The molecule has 11 aliphatic rings. The summed E-state index contributed by atoms with van der Waals surface area (Å²) in [6.45, 7) is 29.2. The Balaban J connectivity index is 0.000000110. The average molecular weight is 649 g/mol. The van der Waals surface area contributed by atoms with Crippen molar-refractivity contribution in [2.75, 3.05) is 0 Å². The maximum atomic E-state index is 2.49. The highest BCUT2D eigenvalue weighted by Gasteiger charge is 2.55. The summed E-state index contributed by atoms with van der Waals surface area (Å²) in [5.41, 5.74) is 3.04. The van der Waals surface area contributed by atoms with Gasteiger partial charge in [0.05, 0.1) is 0 Å². The van der Waals surface area contributed by atoms with Crippen molar-refractivity contribution in [3.8, 4) is 0 Å². The Morgan fingerprint density at radius 3 is 1.04 bits per heavy atom. The fourth-order valence-corrected chi connectivity index (χ4v) is 14.2. The summed E-state index contributed by atoms with van der Waals surface area (Å²) in [6.07, 6.45) is 27.9.